The normalized spacial score (nSPS) is 14.3. The van der Waals surface area contributed by atoms with E-state index in [1.807, 2.05) is 36.0 Å². The van der Waals surface area contributed by atoms with E-state index in [1.165, 1.54) is 0 Å². The minimum Gasteiger partial charge on any atom is -0.356 e. The highest BCUT2D eigenvalue weighted by Crippen LogP contribution is 2.25. The maximum Gasteiger partial charge on any atom is 0.191 e. The van der Waals surface area contributed by atoms with Gasteiger partial charge in [0.1, 0.15) is 0 Å². The number of halogens is 2. The Hall–Kier alpha value is -1.72. The molecule has 130 valence electrons. The van der Waals surface area contributed by atoms with Gasteiger partial charge in [-0.15, -0.1) is 0 Å². The van der Waals surface area contributed by atoms with Crippen molar-refractivity contribution >= 4 is 29.2 Å². The zero-order valence-corrected chi connectivity index (χ0v) is 15.6. The van der Waals surface area contributed by atoms with Crippen molar-refractivity contribution in [1.29, 1.82) is 0 Å². The maximum atomic E-state index is 6.26. The lowest BCUT2D eigenvalue weighted by molar-refractivity contribution is 0.442. The van der Waals surface area contributed by atoms with Gasteiger partial charge in [-0.1, -0.05) is 36.2 Å². The molecule has 0 aliphatic carbocycles. The van der Waals surface area contributed by atoms with Gasteiger partial charge < -0.3 is 10.6 Å². The maximum absolute atomic E-state index is 6.26. The smallest absolute Gasteiger partial charge is 0.191 e. The lowest BCUT2D eigenvalue weighted by Crippen LogP contribution is -2.41. The van der Waals surface area contributed by atoms with Crippen molar-refractivity contribution in [3.05, 3.63) is 52.3 Å². The van der Waals surface area contributed by atoms with Gasteiger partial charge in [0.05, 0.1) is 6.04 Å². The summed E-state index contributed by atoms with van der Waals surface area (Å²) in [5.41, 5.74) is 0.980. The Balaban J connectivity index is 1.87. The number of aromatic nitrogens is 2. The third-order valence-electron chi connectivity index (χ3n) is 3.68. The van der Waals surface area contributed by atoms with Crippen LogP contribution in [0.3, 0.4) is 0 Å². The van der Waals surface area contributed by atoms with Crippen molar-refractivity contribution in [3.63, 3.8) is 0 Å². The fraction of sp³-hybridized carbons (Fsp3) is 0.412. The van der Waals surface area contributed by atoms with Crippen LogP contribution in [0.2, 0.25) is 10.0 Å². The van der Waals surface area contributed by atoms with E-state index >= 15 is 0 Å². The number of rotatable bonds is 6. The molecule has 2 rings (SSSR count). The minimum atomic E-state index is 0.0161. The average Bonchev–Trinajstić information content (AvgIpc) is 3.04. The van der Waals surface area contributed by atoms with Crippen LogP contribution in [0.25, 0.3) is 0 Å². The Bertz CT molecular complexity index is 670. The molecule has 1 aromatic heterocycles. The summed E-state index contributed by atoms with van der Waals surface area (Å²) in [6.45, 7) is 5.85. The van der Waals surface area contributed by atoms with Gasteiger partial charge in [-0.3, -0.25) is 9.67 Å². The van der Waals surface area contributed by atoms with Crippen molar-refractivity contribution in [1.82, 2.24) is 20.4 Å². The molecule has 0 amide bonds. The molecule has 2 unspecified atom stereocenters. The molecule has 0 aliphatic rings. The molecule has 24 heavy (non-hydrogen) atoms. The summed E-state index contributed by atoms with van der Waals surface area (Å²) < 4.78 is 1.93. The second kappa shape index (κ2) is 8.94. The van der Waals surface area contributed by atoms with Crippen LogP contribution >= 0.6 is 23.2 Å². The van der Waals surface area contributed by atoms with E-state index < -0.39 is 0 Å². The van der Waals surface area contributed by atoms with Gasteiger partial charge in [0.15, 0.2) is 5.96 Å². The predicted octanol–water partition coefficient (Wildman–Crippen LogP) is 3.75. The molecule has 0 aliphatic heterocycles. The Morgan fingerprint density at radius 3 is 2.75 bits per heavy atom. The summed E-state index contributed by atoms with van der Waals surface area (Å²) in [6, 6.07) is 7.46. The summed E-state index contributed by atoms with van der Waals surface area (Å²) in [5.74, 6) is 1.15. The van der Waals surface area contributed by atoms with E-state index in [1.54, 1.807) is 19.3 Å². The fourth-order valence-electron chi connectivity index (χ4n) is 2.39. The monoisotopic (exact) mass is 367 g/mol. The van der Waals surface area contributed by atoms with Crippen LogP contribution < -0.4 is 10.6 Å². The highest BCUT2D eigenvalue weighted by Gasteiger charge is 2.12. The van der Waals surface area contributed by atoms with Crippen LogP contribution in [0.4, 0.5) is 0 Å². The third kappa shape index (κ3) is 5.42. The zero-order valence-electron chi connectivity index (χ0n) is 14.1. The fourth-order valence-corrected chi connectivity index (χ4v) is 2.97. The van der Waals surface area contributed by atoms with Crippen molar-refractivity contribution < 1.29 is 0 Å². The zero-order chi connectivity index (χ0) is 17.5. The number of nitrogens with zero attached hydrogens (tertiary/aromatic N) is 3. The molecule has 5 nitrogen and oxygen atoms in total. The molecule has 2 N–H and O–H groups in total. The van der Waals surface area contributed by atoms with E-state index in [0.717, 1.165) is 24.6 Å². The highest BCUT2D eigenvalue weighted by molar-refractivity contribution is 6.35. The molecule has 2 aromatic rings. The molecule has 0 saturated heterocycles. The molecule has 0 spiro atoms. The van der Waals surface area contributed by atoms with Crippen LogP contribution in [0.1, 0.15) is 25.5 Å². The Morgan fingerprint density at radius 1 is 1.33 bits per heavy atom. The number of aliphatic imine (C=N–C) groups is 1. The first-order valence-corrected chi connectivity index (χ1v) is 8.64. The summed E-state index contributed by atoms with van der Waals surface area (Å²) in [7, 11) is 1.75. The molecule has 0 saturated carbocycles. The first kappa shape index (κ1) is 18.6. The van der Waals surface area contributed by atoms with E-state index in [-0.39, 0.29) is 6.04 Å². The SMILES string of the molecule is CN=C(NCC(C)Cn1cccn1)NC(C)c1ccc(Cl)cc1Cl. The molecule has 7 heteroatoms. The Labute approximate surface area is 153 Å². The standard InChI is InChI=1S/C17H23Cl2N5/c1-12(11-24-8-4-7-22-24)10-21-17(20-3)23-13(2)15-6-5-14(18)9-16(15)19/h4-9,12-13H,10-11H2,1-3H3,(H2,20,21,23). The Morgan fingerprint density at radius 2 is 2.12 bits per heavy atom. The molecule has 1 aromatic carbocycles. The van der Waals surface area contributed by atoms with Gasteiger partial charge in [-0.25, -0.2) is 0 Å². The second-order valence-corrected chi connectivity index (χ2v) is 6.66. The summed E-state index contributed by atoms with van der Waals surface area (Å²) >= 11 is 12.2. The van der Waals surface area contributed by atoms with Crippen LogP contribution in [0.5, 0.6) is 0 Å². The number of benzene rings is 1. The lowest BCUT2D eigenvalue weighted by Gasteiger charge is -2.21. The number of guanidine groups is 1. The summed E-state index contributed by atoms with van der Waals surface area (Å²) in [6.07, 6.45) is 3.76. The molecule has 2 atom stereocenters. The van der Waals surface area contributed by atoms with Gasteiger partial charge in [-0.05, 0) is 36.6 Å². The van der Waals surface area contributed by atoms with Crippen molar-refractivity contribution in [2.45, 2.75) is 26.4 Å². The van der Waals surface area contributed by atoms with Crippen molar-refractivity contribution in [3.8, 4) is 0 Å². The second-order valence-electron chi connectivity index (χ2n) is 5.82. The minimum absolute atomic E-state index is 0.0161. The third-order valence-corrected chi connectivity index (χ3v) is 4.24. The van der Waals surface area contributed by atoms with E-state index in [4.69, 9.17) is 23.2 Å². The topological polar surface area (TPSA) is 54.2 Å². The van der Waals surface area contributed by atoms with Crippen LogP contribution in [-0.2, 0) is 6.54 Å². The summed E-state index contributed by atoms with van der Waals surface area (Å²) in [5, 5.41) is 12.2. The molecule has 0 bridgehead atoms. The first-order valence-electron chi connectivity index (χ1n) is 7.89. The summed E-state index contributed by atoms with van der Waals surface area (Å²) in [4.78, 5) is 4.27. The first-order chi connectivity index (χ1) is 11.5. The number of hydrogen-bond acceptors (Lipinski definition) is 2. The van der Waals surface area contributed by atoms with E-state index in [0.29, 0.717) is 16.0 Å². The lowest BCUT2D eigenvalue weighted by atomic mass is 10.1. The van der Waals surface area contributed by atoms with Gasteiger partial charge in [0, 0.05) is 42.6 Å². The van der Waals surface area contributed by atoms with Gasteiger partial charge in [-0.2, -0.15) is 5.10 Å². The Kier molecular flexibility index (Phi) is 6.94. The molecular formula is C17H23Cl2N5. The molecule has 0 radical (unpaired) electrons. The number of hydrogen-bond donors (Lipinski definition) is 2. The molecular weight excluding hydrogens is 345 g/mol. The van der Waals surface area contributed by atoms with Gasteiger partial charge in [0.2, 0.25) is 0 Å². The van der Waals surface area contributed by atoms with Gasteiger partial charge >= 0.3 is 0 Å². The van der Waals surface area contributed by atoms with Crippen molar-refractivity contribution in [2.24, 2.45) is 10.9 Å². The van der Waals surface area contributed by atoms with Gasteiger partial charge in [0.25, 0.3) is 0 Å². The quantitative estimate of drug-likeness (QED) is 0.603. The molecule has 1 heterocycles. The number of nitrogens with one attached hydrogen (secondary N) is 2. The molecule has 0 fully saturated rings. The van der Waals surface area contributed by atoms with Crippen LogP contribution in [-0.4, -0.2) is 29.3 Å². The van der Waals surface area contributed by atoms with Crippen LogP contribution in [0, 0.1) is 5.92 Å². The highest BCUT2D eigenvalue weighted by atomic mass is 35.5. The van der Waals surface area contributed by atoms with E-state index in [2.05, 4.69) is 27.6 Å². The average molecular weight is 368 g/mol. The van der Waals surface area contributed by atoms with Crippen LogP contribution in [0.15, 0.2) is 41.7 Å². The van der Waals surface area contributed by atoms with Crippen molar-refractivity contribution in [2.75, 3.05) is 13.6 Å². The predicted molar refractivity (Wildman–Crippen MR) is 101 cm³/mol. The van der Waals surface area contributed by atoms with E-state index in [9.17, 15) is 0 Å². The largest absolute Gasteiger partial charge is 0.356 e.